The molecular formula is C77H89BBr2O2. The molecule has 1 heterocycles. The smallest absolute Gasteiger partial charge is 0.399 e. The van der Waals surface area contributed by atoms with E-state index in [1.807, 2.05) is 5.83 Å². The minimum Gasteiger partial charge on any atom is -0.399 e. The molecule has 0 atom stereocenters. The van der Waals surface area contributed by atoms with Gasteiger partial charge in [-0.25, -0.2) is 0 Å². The lowest BCUT2D eigenvalue weighted by Gasteiger charge is -2.32. The zero-order chi connectivity index (χ0) is 60.1. The number of benzene rings is 11. The lowest BCUT2D eigenvalue weighted by atomic mass is 9.74. The fraction of sp³-hybridized carbons (Fsp3) is 0.403. The van der Waals surface area contributed by atoms with E-state index in [1.165, 1.54) is 131 Å². The van der Waals surface area contributed by atoms with E-state index in [-0.39, 0.29) is 32.5 Å². The molecule has 0 aliphatic carbocycles. The van der Waals surface area contributed by atoms with E-state index in [1.54, 1.807) is 0 Å². The molecule has 0 spiro atoms. The van der Waals surface area contributed by atoms with Crippen LogP contribution in [0.3, 0.4) is 0 Å². The average Bonchev–Trinajstić information content (AvgIpc) is 0.929. The van der Waals surface area contributed by atoms with Crippen LogP contribution in [0.2, 0.25) is 0 Å². The third kappa shape index (κ3) is 10.7. The topological polar surface area (TPSA) is 18.5 Å². The Morgan fingerprint density at radius 1 is 0.305 bits per heavy atom. The van der Waals surface area contributed by atoms with E-state index < -0.39 is 18.3 Å². The van der Waals surface area contributed by atoms with Crippen molar-refractivity contribution in [1.29, 1.82) is 0 Å². The predicted molar refractivity (Wildman–Crippen MR) is 371 cm³/mol. The minimum atomic E-state index is -0.409. The molecule has 0 saturated carbocycles. The van der Waals surface area contributed by atoms with Gasteiger partial charge in [0.1, 0.15) is 0 Å². The summed E-state index contributed by atoms with van der Waals surface area (Å²) in [7, 11) is -0.409. The highest BCUT2D eigenvalue weighted by atomic mass is 79.9. The van der Waals surface area contributed by atoms with Gasteiger partial charge in [-0.15, -0.1) is 0 Å². The molecule has 11 aromatic carbocycles. The third-order valence-electron chi connectivity index (χ3n) is 18.3. The van der Waals surface area contributed by atoms with Crippen LogP contribution in [0.4, 0.5) is 0 Å². The highest BCUT2D eigenvalue weighted by Gasteiger charge is 2.52. The van der Waals surface area contributed by atoms with Gasteiger partial charge in [0, 0.05) is 4.47 Å². The Kier molecular flexibility index (Phi) is 14.7. The van der Waals surface area contributed by atoms with Gasteiger partial charge in [-0.05, 0) is 263 Å². The maximum Gasteiger partial charge on any atom is 0.494 e. The zero-order valence-electron chi connectivity index (χ0n) is 53.7. The first-order chi connectivity index (χ1) is 37.8. The second-order valence-electron chi connectivity index (χ2n) is 31.2. The number of rotatable bonds is 2. The molecule has 5 heteroatoms. The van der Waals surface area contributed by atoms with Gasteiger partial charge in [0.05, 0.1) is 11.2 Å². The molecule has 12 rings (SSSR count). The van der Waals surface area contributed by atoms with E-state index in [2.05, 4.69) is 306 Å². The molecule has 0 N–H and O–H groups in total. The van der Waals surface area contributed by atoms with Gasteiger partial charge in [0.25, 0.3) is 0 Å². The van der Waals surface area contributed by atoms with Crippen LogP contribution >= 0.6 is 31.9 Å². The molecule has 0 radical (unpaired) electrons. The summed E-state index contributed by atoms with van der Waals surface area (Å²) < 4.78 is 14.3. The highest BCUT2D eigenvalue weighted by molar-refractivity contribution is 9.10. The lowest BCUT2D eigenvalue weighted by molar-refractivity contribution is 0.00578. The van der Waals surface area contributed by atoms with Crippen LogP contribution in [0.1, 0.15) is 186 Å². The van der Waals surface area contributed by atoms with E-state index in [0.717, 1.165) is 9.94 Å². The van der Waals surface area contributed by atoms with Crippen molar-refractivity contribution >= 4 is 131 Å². The van der Waals surface area contributed by atoms with E-state index >= 15 is 0 Å². The van der Waals surface area contributed by atoms with Crippen molar-refractivity contribution in [3.8, 4) is 11.1 Å². The van der Waals surface area contributed by atoms with Gasteiger partial charge >= 0.3 is 7.12 Å². The first-order valence-electron chi connectivity index (χ1n) is 29.8. The van der Waals surface area contributed by atoms with Gasteiger partial charge in [-0.3, -0.25) is 0 Å². The van der Waals surface area contributed by atoms with Crippen molar-refractivity contribution in [1.82, 2.24) is 0 Å². The first-order valence-corrected chi connectivity index (χ1v) is 32.2. The van der Waals surface area contributed by atoms with Crippen LogP contribution in [0.15, 0.2) is 126 Å². The number of alkyl halides is 1. The molecule has 0 bridgehead atoms. The fourth-order valence-electron chi connectivity index (χ4n) is 12.3. The van der Waals surface area contributed by atoms with Crippen molar-refractivity contribution in [2.45, 2.75) is 196 Å². The largest absolute Gasteiger partial charge is 0.494 e. The van der Waals surface area contributed by atoms with Gasteiger partial charge in [0.15, 0.2) is 0 Å². The molecule has 1 fully saturated rings. The summed E-state index contributed by atoms with van der Waals surface area (Å²) in [6.07, 6.45) is 0. The summed E-state index contributed by atoms with van der Waals surface area (Å²) in [6, 6.07) is 47.7. The van der Waals surface area contributed by atoms with Gasteiger partial charge in [-0.1, -0.05) is 217 Å². The van der Waals surface area contributed by atoms with Crippen LogP contribution in [-0.2, 0) is 41.8 Å². The molecule has 2 nitrogen and oxygen atoms in total. The lowest BCUT2D eigenvalue weighted by Crippen LogP contribution is -2.41. The van der Waals surface area contributed by atoms with E-state index in [4.69, 9.17) is 9.31 Å². The summed E-state index contributed by atoms with van der Waals surface area (Å²) >= 11 is 6.56. The molecule has 426 valence electrons. The van der Waals surface area contributed by atoms with Gasteiger partial charge < -0.3 is 9.31 Å². The SMILES string of the molecule is CBr.CC(C)(C)c1cc2cc(-c3ccc(Br)cc3)cc3c4cc(C(C)(C)C)cc5cc(C(C)(C)C)cc(c(c1)c23)c54.CC(C)(C)c1cc2cc(B3OC(C)(C)C(C)(C)O3)cc3c4cc(C(C)(C)C)cc5cc(C(C)(C)C)cc(c(c1)c23)c54. The average molecular weight is 1220 g/mol. The molecule has 1 aliphatic rings. The highest BCUT2D eigenvalue weighted by Crippen LogP contribution is 2.49. The zero-order valence-corrected chi connectivity index (χ0v) is 56.9. The Balaban J connectivity index is 0.000000179. The second kappa shape index (κ2) is 20.0. The van der Waals surface area contributed by atoms with Crippen molar-refractivity contribution in [3.63, 3.8) is 0 Å². The number of halogens is 2. The number of fused-ring (bicyclic) bond motifs is 4. The standard InChI is InChI=1S/C38H47BO2.C38H39Br.CH3Br/c1-34(2,3)24-14-22-15-25(35(4,5)6)20-30-31-21-27(39-40-37(10,11)38(12,13)41-39)17-23-16-26(36(7,8)9)19-29(33(23)31)28(18-24)32(22)30;1-36(2,3)26-15-24-14-23(22-10-12-29(39)13-11-22)18-30-31-19-27(37(4,5)6)16-25-17-28(38(7,8)9)21-33(35(25)31)32(20-26)34(24)30;1-2/h14-21H,1-13H3;10-21H,1-9H3;1H3. The van der Waals surface area contributed by atoms with Crippen LogP contribution in [0, 0.1) is 0 Å². The maximum atomic E-state index is 6.60. The van der Waals surface area contributed by atoms with Crippen LogP contribution in [-0.4, -0.2) is 24.2 Å². The molecule has 0 unspecified atom stereocenters. The Labute approximate surface area is 508 Å². The Morgan fingerprint density at radius 2 is 0.549 bits per heavy atom. The summed E-state index contributed by atoms with van der Waals surface area (Å²) in [6.45, 7) is 50.4. The molecule has 0 amide bonds. The molecule has 82 heavy (non-hydrogen) atoms. The van der Waals surface area contributed by atoms with Crippen molar-refractivity contribution in [2.75, 3.05) is 5.83 Å². The normalized spacial score (nSPS) is 15.5. The summed E-state index contributed by atoms with van der Waals surface area (Å²) in [5.74, 6) is 1.81. The maximum absolute atomic E-state index is 6.60. The molecule has 1 saturated heterocycles. The summed E-state index contributed by atoms with van der Waals surface area (Å²) in [5.41, 5.74) is 11.3. The van der Waals surface area contributed by atoms with Gasteiger partial charge in [-0.2, -0.15) is 0 Å². The third-order valence-corrected chi connectivity index (χ3v) is 18.8. The quantitative estimate of drug-likeness (QED) is 0.0743. The molecular weight excluding hydrogens is 1130 g/mol. The van der Waals surface area contributed by atoms with Crippen molar-refractivity contribution < 1.29 is 9.31 Å². The van der Waals surface area contributed by atoms with Crippen molar-refractivity contribution in [2.24, 2.45) is 0 Å². The Hall–Kier alpha value is -5.04. The number of hydrogen-bond acceptors (Lipinski definition) is 2. The molecule has 0 aromatic heterocycles. The Bertz CT molecular complexity index is 4260. The van der Waals surface area contributed by atoms with E-state index in [0.29, 0.717) is 0 Å². The van der Waals surface area contributed by atoms with Crippen LogP contribution < -0.4 is 5.46 Å². The van der Waals surface area contributed by atoms with Crippen LogP contribution in [0.5, 0.6) is 0 Å². The summed E-state index contributed by atoms with van der Waals surface area (Å²) in [5, 5.41) is 21.5. The predicted octanol–water partition coefficient (Wildman–Crippen LogP) is 23.0. The fourth-order valence-corrected chi connectivity index (χ4v) is 12.6. The van der Waals surface area contributed by atoms with E-state index in [9.17, 15) is 0 Å². The van der Waals surface area contributed by atoms with Gasteiger partial charge in [0.2, 0.25) is 0 Å². The molecule has 1 aliphatic heterocycles. The second-order valence-corrected chi connectivity index (χ2v) is 32.1. The first kappa shape index (κ1) is 60.1. The minimum absolute atomic E-state index is 0.0162. The van der Waals surface area contributed by atoms with Crippen molar-refractivity contribution in [3.05, 3.63) is 159 Å². The monoisotopic (exact) mass is 1210 g/mol. The summed E-state index contributed by atoms with van der Waals surface area (Å²) in [4.78, 5) is 0. The van der Waals surface area contributed by atoms with Crippen LogP contribution in [0.25, 0.3) is 97.3 Å². The number of hydrogen-bond donors (Lipinski definition) is 0. The molecule has 11 aromatic rings. The Morgan fingerprint density at radius 3 is 0.829 bits per heavy atom.